The molecule has 0 radical (unpaired) electrons. The van der Waals surface area contributed by atoms with E-state index in [0.717, 1.165) is 6.07 Å². The van der Waals surface area contributed by atoms with Crippen LogP contribution in [0.4, 0.5) is 15.9 Å². The van der Waals surface area contributed by atoms with Crippen LogP contribution >= 0.6 is 0 Å². The maximum absolute atomic E-state index is 13.6. The van der Waals surface area contributed by atoms with Crippen molar-refractivity contribution in [3.8, 4) is 0 Å². The number of aromatic nitrogens is 4. The second-order valence-corrected chi connectivity index (χ2v) is 3.95. The fraction of sp³-hybridized carbons (Fsp3) is 0. The van der Waals surface area contributed by atoms with Crippen LogP contribution in [0.5, 0.6) is 0 Å². The number of H-pyrrole nitrogens is 1. The molecule has 0 amide bonds. The molecule has 3 N–H and O–H groups in total. The summed E-state index contributed by atoms with van der Waals surface area (Å²) in [6.07, 6.45) is 2.80. The number of rotatable bonds is 3. The number of carboxylic acids is 1. The number of nitrogens with zero attached hydrogens (tertiary/aromatic N) is 3. The number of anilines is 2. The average molecular weight is 273 g/mol. The average Bonchev–Trinajstić information content (AvgIpc) is 2.87. The molecule has 0 fully saturated rings. The quantitative estimate of drug-likeness (QED) is 0.673. The summed E-state index contributed by atoms with van der Waals surface area (Å²) in [6.45, 7) is 0. The lowest BCUT2D eigenvalue weighted by Crippen LogP contribution is -2.02. The van der Waals surface area contributed by atoms with Crippen molar-refractivity contribution in [2.75, 3.05) is 5.32 Å². The number of imidazole rings is 1. The summed E-state index contributed by atoms with van der Waals surface area (Å²) in [5, 5.41) is 11.7. The predicted octanol–water partition coefficient (Wildman–Crippen LogP) is 1.93. The smallest absolute Gasteiger partial charge is 0.338 e. The second kappa shape index (κ2) is 4.57. The van der Waals surface area contributed by atoms with Crippen molar-refractivity contribution in [3.05, 3.63) is 42.2 Å². The van der Waals surface area contributed by atoms with Crippen molar-refractivity contribution in [1.82, 2.24) is 19.9 Å². The Bertz CT molecular complexity index is 801. The first-order valence-corrected chi connectivity index (χ1v) is 5.59. The fourth-order valence-electron chi connectivity index (χ4n) is 1.76. The summed E-state index contributed by atoms with van der Waals surface area (Å²) >= 11 is 0. The fourth-order valence-corrected chi connectivity index (χ4v) is 1.76. The molecule has 0 spiro atoms. The van der Waals surface area contributed by atoms with Gasteiger partial charge in [0.05, 0.1) is 11.9 Å². The number of aromatic carboxylic acids is 1. The molecule has 0 saturated carbocycles. The highest BCUT2D eigenvalue weighted by Crippen LogP contribution is 2.22. The van der Waals surface area contributed by atoms with Gasteiger partial charge in [-0.1, -0.05) is 0 Å². The van der Waals surface area contributed by atoms with E-state index in [1.807, 2.05) is 0 Å². The minimum atomic E-state index is -1.31. The van der Waals surface area contributed by atoms with E-state index >= 15 is 0 Å². The van der Waals surface area contributed by atoms with Crippen LogP contribution in [-0.4, -0.2) is 31.0 Å². The first kappa shape index (κ1) is 12.0. The van der Waals surface area contributed by atoms with E-state index in [1.165, 1.54) is 24.8 Å². The van der Waals surface area contributed by atoms with Crippen molar-refractivity contribution in [3.63, 3.8) is 0 Å². The molecular weight excluding hydrogens is 265 g/mol. The SMILES string of the molecule is O=C(O)c1ccc(Nc2ncnc3nc[nH]c23)cc1F. The van der Waals surface area contributed by atoms with Crippen LogP contribution in [0.25, 0.3) is 11.2 Å². The highest BCUT2D eigenvalue weighted by molar-refractivity contribution is 5.89. The molecule has 7 nitrogen and oxygen atoms in total. The maximum atomic E-state index is 13.6. The van der Waals surface area contributed by atoms with Gasteiger partial charge in [-0.05, 0) is 18.2 Å². The third kappa shape index (κ3) is 2.03. The molecule has 0 unspecified atom stereocenters. The van der Waals surface area contributed by atoms with E-state index in [2.05, 4.69) is 25.3 Å². The Morgan fingerprint density at radius 1 is 1.30 bits per heavy atom. The van der Waals surface area contributed by atoms with E-state index in [0.29, 0.717) is 22.7 Å². The number of halogens is 1. The van der Waals surface area contributed by atoms with Crippen molar-refractivity contribution < 1.29 is 14.3 Å². The highest BCUT2D eigenvalue weighted by Gasteiger charge is 2.11. The van der Waals surface area contributed by atoms with Crippen LogP contribution in [-0.2, 0) is 0 Å². The van der Waals surface area contributed by atoms with Crippen LogP contribution in [0.1, 0.15) is 10.4 Å². The minimum absolute atomic E-state index is 0.377. The number of hydrogen-bond acceptors (Lipinski definition) is 5. The molecule has 8 heteroatoms. The van der Waals surface area contributed by atoms with Crippen molar-refractivity contribution >= 4 is 28.6 Å². The van der Waals surface area contributed by atoms with Crippen molar-refractivity contribution in [2.24, 2.45) is 0 Å². The summed E-state index contributed by atoms with van der Waals surface area (Å²) in [5.41, 5.74) is 1.05. The molecule has 0 aliphatic rings. The summed E-state index contributed by atoms with van der Waals surface area (Å²) in [6, 6.07) is 3.73. The topological polar surface area (TPSA) is 104 Å². The largest absolute Gasteiger partial charge is 0.478 e. The van der Waals surface area contributed by atoms with Gasteiger partial charge in [0.2, 0.25) is 0 Å². The Balaban J connectivity index is 1.97. The van der Waals surface area contributed by atoms with Crippen LogP contribution < -0.4 is 5.32 Å². The Morgan fingerprint density at radius 2 is 2.15 bits per heavy atom. The van der Waals surface area contributed by atoms with Crippen LogP contribution in [0.3, 0.4) is 0 Å². The van der Waals surface area contributed by atoms with Gasteiger partial charge >= 0.3 is 5.97 Å². The van der Waals surface area contributed by atoms with E-state index in [1.54, 1.807) is 0 Å². The molecule has 0 bridgehead atoms. The molecule has 100 valence electrons. The van der Waals surface area contributed by atoms with Gasteiger partial charge in [0.15, 0.2) is 11.5 Å². The Hall–Kier alpha value is -3.03. The summed E-state index contributed by atoms with van der Waals surface area (Å²) in [5.74, 6) is -1.71. The van der Waals surface area contributed by atoms with Gasteiger partial charge in [0.25, 0.3) is 0 Å². The third-order valence-electron chi connectivity index (χ3n) is 2.69. The Labute approximate surface area is 111 Å². The molecule has 3 rings (SSSR count). The molecule has 1 aromatic carbocycles. The van der Waals surface area contributed by atoms with Gasteiger partial charge < -0.3 is 15.4 Å². The zero-order chi connectivity index (χ0) is 14.1. The molecule has 2 aromatic heterocycles. The van der Waals surface area contributed by atoms with Gasteiger partial charge in [-0.2, -0.15) is 0 Å². The molecule has 2 heterocycles. The summed E-state index contributed by atoms with van der Waals surface area (Å²) in [4.78, 5) is 25.6. The molecule has 0 saturated heterocycles. The van der Waals surface area contributed by atoms with E-state index in [9.17, 15) is 9.18 Å². The first-order chi connectivity index (χ1) is 9.65. The highest BCUT2D eigenvalue weighted by atomic mass is 19.1. The molecule has 0 atom stereocenters. The lowest BCUT2D eigenvalue weighted by atomic mass is 10.2. The first-order valence-electron chi connectivity index (χ1n) is 5.59. The number of hydrogen-bond donors (Lipinski definition) is 3. The van der Waals surface area contributed by atoms with Gasteiger partial charge in [0, 0.05) is 5.69 Å². The van der Waals surface area contributed by atoms with E-state index in [-0.39, 0.29) is 5.56 Å². The van der Waals surface area contributed by atoms with Gasteiger partial charge in [-0.15, -0.1) is 0 Å². The number of fused-ring (bicyclic) bond motifs is 1. The number of benzene rings is 1. The lowest BCUT2D eigenvalue weighted by Gasteiger charge is -2.07. The van der Waals surface area contributed by atoms with Crippen LogP contribution in [0.2, 0.25) is 0 Å². The van der Waals surface area contributed by atoms with Gasteiger partial charge in [-0.25, -0.2) is 24.1 Å². The number of carbonyl (C=O) groups is 1. The monoisotopic (exact) mass is 273 g/mol. The lowest BCUT2D eigenvalue weighted by molar-refractivity contribution is 0.0692. The Kier molecular flexibility index (Phi) is 2.75. The normalized spacial score (nSPS) is 10.7. The van der Waals surface area contributed by atoms with Gasteiger partial charge in [-0.3, -0.25) is 0 Å². The van der Waals surface area contributed by atoms with E-state index in [4.69, 9.17) is 5.11 Å². The van der Waals surface area contributed by atoms with Crippen LogP contribution in [0, 0.1) is 5.82 Å². The zero-order valence-corrected chi connectivity index (χ0v) is 9.96. The zero-order valence-electron chi connectivity index (χ0n) is 9.96. The summed E-state index contributed by atoms with van der Waals surface area (Å²) in [7, 11) is 0. The third-order valence-corrected chi connectivity index (χ3v) is 2.69. The second-order valence-electron chi connectivity index (χ2n) is 3.95. The molecule has 3 aromatic rings. The van der Waals surface area contributed by atoms with Crippen molar-refractivity contribution in [1.29, 1.82) is 0 Å². The minimum Gasteiger partial charge on any atom is -0.478 e. The maximum Gasteiger partial charge on any atom is 0.338 e. The predicted molar refractivity (Wildman–Crippen MR) is 68.3 cm³/mol. The number of aromatic amines is 1. The molecular formula is C12H8FN5O2. The standard InChI is InChI=1S/C12H8FN5O2/c13-8-3-6(1-2-7(8)12(19)20)18-11-9-10(15-4-14-9)16-5-17-11/h1-5H,(H,19,20)(H2,14,15,16,17,18). The van der Waals surface area contributed by atoms with Gasteiger partial charge in [0.1, 0.15) is 17.7 Å². The number of carboxylic acid groups (broad SMARTS) is 1. The summed E-state index contributed by atoms with van der Waals surface area (Å²) < 4.78 is 13.6. The molecule has 20 heavy (non-hydrogen) atoms. The van der Waals surface area contributed by atoms with Crippen molar-refractivity contribution in [2.45, 2.75) is 0 Å². The number of nitrogens with one attached hydrogen (secondary N) is 2. The molecule has 0 aliphatic carbocycles. The van der Waals surface area contributed by atoms with Crippen LogP contribution in [0.15, 0.2) is 30.9 Å². The Morgan fingerprint density at radius 3 is 2.90 bits per heavy atom. The molecule has 0 aliphatic heterocycles. The van der Waals surface area contributed by atoms with E-state index < -0.39 is 11.8 Å².